The summed E-state index contributed by atoms with van der Waals surface area (Å²) in [6.45, 7) is 37.7. The second-order valence-electron chi connectivity index (χ2n) is 22.7. The number of anilines is 6. The van der Waals surface area contributed by atoms with E-state index in [9.17, 15) is 9.59 Å². The van der Waals surface area contributed by atoms with Crippen LogP contribution < -0.4 is 77.5 Å². The number of aliphatic hydroxyl groups excluding tert-OH is 5. The second-order valence-corrected chi connectivity index (χ2v) is 22.7. The summed E-state index contributed by atoms with van der Waals surface area (Å²) in [7, 11) is 0. The number of nitrogens with zero attached hydrogens (tertiary/aromatic N) is 23. The van der Waals surface area contributed by atoms with Crippen LogP contribution >= 0.6 is 0 Å². The van der Waals surface area contributed by atoms with Gasteiger partial charge in [0.1, 0.15) is 48.2 Å². The monoisotopic (exact) mass is 1730 g/mol. The number of aromatic nitrogens is 24. The Morgan fingerprint density at radius 1 is 0.476 bits per heavy atom. The van der Waals surface area contributed by atoms with Crippen molar-refractivity contribution in [2.75, 3.05) is 91.4 Å². The lowest BCUT2D eigenvalue weighted by Gasteiger charge is -2.09. The lowest BCUT2D eigenvalue weighted by atomic mass is 10.2. The number of H-pyrrole nitrogens is 1. The fourth-order valence-electron chi connectivity index (χ4n) is 8.26. The Morgan fingerprint density at radius 3 is 1.25 bits per heavy atom. The standard InChI is InChI=1S/C11H8N2.C10H8N2.C9H18N6.C9H13N5O.C8H13N3O4.C7H11N7O.C7H11N3O5.C7H11N3O3.C3H4N2.3C2H6/c1-3-8-7-9-4-2-6-13-11(9)10(8)12-5-1;1-3-7-11-9(5-1)10-6-2-4-8-12-10;1-3-5-11-8-13-7(2)14-9(15-8)12-6-4-10;1-5(2)10-8-11-6(3)12-9(14-8)13-7(4)15;1-6-9-7(14-4-2-12)11-8(10-6)15-5-3-13;1-3(8)10-6-11-4(2)12-7(14-6)13-5(9)15;1-3-8-5(14-4(2)11)10-6(9-3)15-7(12)13;1-3-12-6-8-5(2)9-7(10-6)13-4-11;1-2-5-3-4-1;3*1-2/h1-6H,7H2;1-8H;3-6,10H2,1-2H3,(H2,11,12,13,14,15);1H2,2-4H3,(H2,10,11,12,13,14,15);12-13H,2-5H2,1H3;1,8H2,2H3,(H4,9,10,11,12,13,14,15);4,7,11-13H,1-2H3;11H,3-4H2,1-2H3;1-3H,(H,4,5);3*1-2H3. The number of nitrogens with one attached hydrogen (secondary N) is 7. The maximum Gasteiger partial charge on any atom is 0.326 e. The number of urea groups is 1. The van der Waals surface area contributed by atoms with Gasteiger partial charge in [-0.05, 0) is 116 Å². The summed E-state index contributed by atoms with van der Waals surface area (Å²) >= 11 is 0. The van der Waals surface area contributed by atoms with Crippen LogP contribution in [0.15, 0.2) is 129 Å². The van der Waals surface area contributed by atoms with Gasteiger partial charge in [-0.15, -0.1) is 15.0 Å². The number of carbonyl (C=O) groups excluding carboxylic acids is 2. The first kappa shape index (κ1) is 108. The molecule has 12 rings (SSSR count). The summed E-state index contributed by atoms with van der Waals surface area (Å²) in [6.07, 6.45) is 13.2. The number of primary amides is 1. The molecule has 11 aromatic heterocycles. The largest absolute Gasteiger partial charge is 0.464 e. The number of hydrogen-bond donors (Lipinski definition) is 16. The van der Waals surface area contributed by atoms with Crippen LogP contribution in [-0.2, 0) is 11.2 Å². The molecule has 0 saturated heterocycles. The lowest BCUT2D eigenvalue weighted by molar-refractivity contribution is -0.183. The van der Waals surface area contributed by atoms with E-state index in [0.717, 1.165) is 47.9 Å². The van der Waals surface area contributed by atoms with Gasteiger partial charge in [0.05, 0.1) is 54.7 Å². The van der Waals surface area contributed by atoms with Crippen molar-refractivity contribution < 1.29 is 68.6 Å². The fraction of sp³-hybridized carbons (Fsp3) is 0.390. The number of aromatic amines is 1. The van der Waals surface area contributed by atoms with E-state index in [4.69, 9.17) is 66.8 Å². The summed E-state index contributed by atoms with van der Waals surface area (Å²) in [5.41, 5.74) is 22.8. The average Bonchev–Trinajstić information content (AvgIpc) is 1.65. The fourth-order valence-corrected chi connectivity index (χ4v) is 8.26. The number of nitrogens with two attached hydrogens (primary N) is 3. The highest BCUT2D eigenvalue weighted by Gasteiger charge is 2.20. The Bertz CT molecular complexity index is 4360. The molecule has 1 aliphatic rings. The zero-order chi connectivity index (χ0) is 92.6. The second kappa shape index (κ2) is 64.5. The molecule has 1 atom stereocenters. The number of fused-ring (bicyclic) bond motifs is 3. The number of allylic oxidation sites excluding steroid dienone is 1. The first-order valence-corrected chi connectivity index (χ1v) is 38.5. The van der Waals surface area contributed by atoms with Gasteiger partial charge in [0.15, 0.2) is 13.1 Å². The molecule has 124 heavy (non-hydrogen) atoms. The van der Waals surface area contributed by atoms with Gasteiger partial charge in [-0.1, -0.05) is 85.9 Å². The van der Waals surface area contributed by atoms with Crippen molar-refractivity contribution in [2.45, 2.75) is 143 Å². The van der Waals surface area contributed by atoms with Gasteiger partial charge >= 0.3 is 48.6 Å². The maximum atomic E-state index is 10.8. The molecule has 0 fully saturated rings. The van der Waals surface area contributed by atoms with E-state index < -0.39 is 25.6 Å². The van der Waals surface area contributed by atoms with E-state index in [1.807, 2.05) is 116 Å². The third-order valence-corrected chi connectivity index (χ3v) is 12.4. The minimum Gasteiger partial charge on any atom is -0.464 e. The number of imidazole rings is 1. The molecule has 672 valence electrons. The molecule has 47 nitrogen and oxygen atoms in total. The van der Waals surface area contributed by atoms with Gasteiger partial charge in [0.25, 0.3) is 0 Å². The number of rotatable bonds is 27. The predicted octanol–water partition coefficient (Wildman–Crippen LogP) is 6.02. The van der Waals surface area contributed by atoms with Gasteiger partial charge in [0.2, 0.25) is 41.6 Å². The molecule has 1 unspecified atom stereocenters. The molecule has 3 amide bonds. The van der Waals surface area contributed by atoms with Crippen molar-refractivity contribution in [1.29, 1.82) is 0 Å². The topological polar surface area (TPSA) is 673 Å². The van der Waals surface area contributed by atoms with Crippen LogP contribution in [0.1, 0.15) is 129 Å². The molecule has 19 N–H and O–H groups in total. The molecule has 0 aliphatic heterocycles. The first-order chi connectivity index (χ1) is 59.6. The van der Waals surface area contributed by atoms with E-state index in [1.54, 1.807) is 65.7 Å². The van der Waals surface area contributed by atoms with Crippen molar-refractivity contribution in [3.63, 3.8) is 0 Å². The highest BCUT2D eigenvalue weighted by molar-refractivity contribution is 5.87. The third kappa shape index (κ3) is 48.6. The highest BCUT2D eigenvalue weighted by Crippen LogP contribution is 2.32. The average molecular weight is 1730 g/mol. The van der Waals surface area contributed by atoms with Gasteiger partial charge < -0.3 is 103 Å². The first-order valence-electron chi connectivity index (χ1n) is 38.5. The van der Waals surface area contributed by atoms with E-state index in [-0.39, 0.29) is 97.9 Å². The summed E-state index contributed by atoms with van der Waals surface area (Å²) in [6, 6.07) is 19.0. The molecule has 0 saturated carbocycles. The van der Waals surface area contributed by atoms with Gasteiger partial charge in [-0.25, -0.2) is 9.78 Å². The number of amides is 3. The van der Waals surface area contributed by atoms with E-state index in [1.165, 1.54) is 31.9 Å². The highest BCUT2D eigenvalue weighted by atomic mass is 16.7. The van der Waals surface area contributed by atoms with Crippen molar-refractivity contribution in [3.05, 3.63) is 175 Å². The van der Waals surface area contributed by atoms with Crippen LogP contribution in [-0.4, -0.2) is 234 Å². The van der Waals surface area contributed by atoms with Crippen molar-refractivity contribution in [2.24, 2.45) is 17.2 Å². The number of aliphatic hydroxyl groups is 6. The van der Waals surface area contributed by atoms with Crippen molar-refractivity contribution in [3.8, 4) is 58.8 Å². The molecule has 0 spiro atoms. The van der Waals surface area contributed by atoms with Crippen LogP contribution in [0.2, 0.25) is 0 Å². The quantitative estimate of drug-likeness (QED) is 0.0262. The van der Waals surface area contributed by atoms with Gasteiger partial charge in [0, 0.05) is 75.9 Å². The Hall–Kier alpha value is -14.4. The normalized spacial score (nSPS) is 9.98. The smallest absolute Gasteiger partial charge is 0.326 e. The van der Waals surface area contributed by atoms with Crippen LogP contribution in [0.5, 0.6) is 36.1 Å². The number of ether oxygens (including phenoxy) is 6. The maximum absolute atomic E-state index is 10.8. The molecule has 1 aliphatic carbocycles. The molecular formula is C77H115N33O14. The van der Waals surface area contributed by atoms with Gasteiger partial charge in [-0.3, -0.25) is 35.4 Å². The number of pyridine rings is 4. The molecule has 47 heteroatoms. The molecule has 0 bridgehead atoms. The van der Waals surface area contributed by atoms with Crippen molar-refractivity contribution in [1.82, 2.24) is 120 Å². The number of hydrogen-bond acceptors (Lipinski definition) is 43. The lowest BCUT2D eigenvalue weighted by Crippen LogP contribution is -2.22. The molecule has 0 aromatic carbocycles. The zero-order valence-corrected chi connectivity index (χ0v) is 72.6. The van der Waals surface area contributed by atoms with Crippen LogP contribution in [0, 0.1) is 41.5 Å². The summed E-state index contributed by atoms with van der Waals surface area (Å²) in [4.78, 5) is 115. The minimum atomic E-state index is -2.02. The van der Waals surface area contributed by atoms with Gasteiger partial charge in [-0.2, -0.15) is 74.8 Å². The van der Waals surface area contributed by atoms with Crippen LogP contribution in [0.4, 0.5) is 40.5 Å². The molecule has 11 heterocycles. The molecular weight excluding hydrogens is 1610 g/mol. The Labute approximate surface area is 718 Å². The van der Waals surface area contributed by atoms with E-state index in [0.29, 0.717) is 66.7 Å². The van der Waals surface area contributed by atoms with Crippen LogP contribution in [0.3, 0.4) is 0 Å². The molecule has 11 aromatic rings. The number of aryl methyl sites for hydroxylation is 6. The Kier molecular flexibility index (Phi) is 56.0. The predicted molar refractivity (Wildman–Crippen MR) is 462 cm³/mol. The summed E-state index contributed by atoms with van der Waals surface area (Å²) < 4.78 is 28.9. The number of carbonyl (C=O) groups is 2. The Balaban J connectivity index is 0.000000696. The van der Waals surface area contributed by atoms with Crippen LogP contribution in [0.25, 0.3) is 22.8 Å². The zero-order valence-electron chi connectivity index (χ0n) is 72.6. The van der Waals surface area contributed by atoms with E-state index in [2.05, 4.69) is 193 Å². The minimum absolute atomic E-state index is 0.0544. The Morgan fingerprint density at radius 2 is 0.879 bits per heavy atom. The SMILES string of the molecule is C=C(C)Nc1nc(C)nc(NC(C)=O)n1.C=C(N)Nc1nc(C)nc(NC(N)=O)n1.CC.CC.CC.CCCNc1nc(C)nc(NCCN)n1.CCOc1nc(C)nc(OCO)n1.Cc1nc(OC(C)O)nc(OC(O)O)n1.Cc1nc(OCCO)nc(OCCO)n1.c1c[nH]cn1.c1ccc(-c2ccccn2)nc1.c1cnc2c(c1)Cc1cccnc1-2. The molecule has 0 radical (unpaired) electrons. The summed E-state index contributed by atoms with van der Waals surface area (Å²) in [5, 5.41) is 67.8. The summed E-state index contributed by atoms with van der Waals surface area (Å²) in [5.74, 6) is 4.85. The van der Waals surface area contributed by atoms with E-state index >= 15 is 0 Å². The third-order valence-electron chi connectivity index (χ3n) is 12.4. The van der Waals surface area contributed by atoms with Crippen molar-refractivity contribution >= 4 is 47.6 Å².